The summed E-state index contributed by atoms with van der Waals surface area (Å²) in [5.41, 5.74) is 0. The van der Waals surface area contributed by atoms with Crippen LogP contribution in [0.15, 0.2) is 17.3 Å². The second-order valence-corrected chi connectivity index (χ2v) is 4.96. The molecule has 1 aliphatic heterocycles. The SMILES string of the molecule is CCCC1CN=C(Nc2ccn(C)n2)S1. The summed E-state index contributed by atoms with van der Waals surface area (Å²) in [7, 11) is 1.91. The first-order valence-corrected chi connectivity index (χ1v) is 6.13. The van der Waals surface area contributed by atoms with Gasteiger partial charge in [-0.1, -0.05) is 25.1 Å². The highest BCUT2D eigenvalue weighted by molar-refractivity contribution is 8.15. The number of nitrogens with zero attached hydrogens (tertiary/aromatic N) is 3. The Kier molecular flexibility index (Phi) is 3.30. The van der Waals surface area contributed by atoms with Gasteiger partial charge in [0.25, 0.3) is 0 Å². The van der Waals surface area contributed by atoms with Gasteiger partial charge in [0, 0.05) is 24.6 Å². The number of amidine groups is 1. The number of aliphatic imine (C=N–C) groups is 1. The van der Waals surface area contributed by atoms with E-state index in [4.69, 9.17) is 0 Å². The highest BCUT2D eigenvalue weighted by Gasteiger charge is 2.18. The van der Waals surface area contributed by atoms with Gasteiger partial charge in [0.15, 0.2) is 11.0 Å². The number of hydrogen-bond donors (Lipinski definition) is 1. The fraction of sp³-hybridized carbons (Fsp3) is 0.600. The van der Waals surface area contributed by atoms with E-state index < -0.39 is 0 Å². The largest absolute Gasteiger partial charge is 0.318 e. The molecule has 5 heteroatoms. The Labute approximate surface area is 94.2 Å². The van der Waals surface area contributed by atoms with E-state index in [-0.39, 0.29) is 0 Å². The van der Waals surface area contributed by atoms with Gasteiger partial charge >= 0.3 is 0 Å². The van der Waals surface area contributed by atoms with Gasteiger partial charge in [0.2, 0.25) is 0 Å². The van der Waals surface area contributed by atoms with Crippen LogP contribution in [0, 0.1) is 0 Å². The Balaban J connectivity index is 1.87. The minimum absolute atomic E-state index is 0.654. The summed E-state index contributed by atoms with van der Waals surface area (Å²) in [4.78, 5) is 4.46. The lowest BCUT2D eigenvalue weighted by Crippen LogP contribution is -2.08. The summed E-state index contributed by atoms with van der Waals surface area (Å²) < 4.78 is 1.78. The number of rotatable bonds is 3. The molecular weight excluding hydrogens is 208 g/mol. The average Bonchev–Trinajstić information content (AvgIpc) is 2.78. The summed E-state index contributed by atoms with van der Waals surface area (Å²) in [5, 5.41) is 9.15. The summed E-state index contributed by atoms with van der Waals surface area (Å²) in [6, 6.07) is 1.95. The molecule has 0 saturated heterocycles. The molecule has 1 aliphatic rings. The first-order valence-electron chi connectivity index (χ1n) is 5.25. The summed E-state index contributed by atoms with van der Waals surface area (Å²) in [6.45, 7) is 3.15. The molecule has 2 rings (SSSR count). The van der Waals surface area contributed by atoms with Crippen LogP contribution < -0.4 is 5.32 Å². The molecule has 1 aromatic rings. The molecule has 1 N–H and O–H groups in total. The lowest BCUT2D eigenvalue weighted by molar-refractivity contribution is 0.754. The quantitative estimate of drug-likeness (QED) is 0.855. The summed E-state index contributed by atoms with van der Waals surface area (Å²) in [5.74, 6) is 0.876. The zero-order chi connectivity index (χ0) is 10.7. The monoisotopic (exact) mass is 224 g/mol. The maximum atomic E-state index is 4.46. The van der Waals surface area contributed by atoms with E-state index in [0.29, 0.717) is 5.25 Å². The average molecular weight is 224 g/mol. The van der Waals surface area contributed by atoms with Crippen LogP contribution in [0.5, 0.6) is 0 Å². The first-order chi connectivity index (χ1) is 7.28. The molecular formula is C10H16N4S. The van der Waals surface area contributed by atoms with Gasteiger partial charge in [-0.3, -0.25) is 9.67 Å². The van der Waals surface area contributed by atoms with Gasteiger partial charge in [-0.25, -0.2) is 0 Å². The number of aryl methyl sites for hydroxylation is 1. The third-order valence-electron chi connectivity index (χ3n) is 2.28. The van der Waals surface area contributed by atoms with Gasteiger partial charge in [0.05, 0.1) is 6.54 Å². The lowest BCUT2D eigenvalue weighted by Gasteiger charge is -2.05. The number of hydrogen-bond acceptors (Lipinski definition) is 4. The highest BCUT2D eigenvalue weighted by Crippen LogP contribution is 2.25. The van der Waals surface area contributed by atoms with Crippen LogP contribution in [0.2, 0.25) is 0 Å². The minimum Gasteiger partial charge on any atom is -0.318 e. The van der Waals surface area contributed by atoms with Crippen molar-refractivity contribution in [2.45, 2.75) is 25.0 Å². The molecule has 1 aromatic heterocycles. The van der Waals surface area contributed by atoms with Crippen LogP contribution in [-0.4, -0.2) is 26.7 Å². The van der Waals surface area contributed by atoms with Crippen molar-refractivity contribution in [1.29, 1.82) is 0 Å². The Morgan fingerprint density at radius 1 is 1.67 bits per heavy atom. The van der Waals surface area contributed by atoms with E-state index in [1.807, 2.05) is 31.1 Å². The van der Waals surface area contributed by atoms with E-state index in [0.717, 1.165) is 17.5 Å². The van der Waals surface area contributed by atoms with Gasteiger partial charge < -0.3 is 5.32 Å². The fourth-order valence-corrected chi connectivity index (χ4v) is 2.68. The molecule has 0 radical (unpaired) electrons. The fourth-order valence-electron chi connectivity index (χ4n) is 1.55. The zero-order valence-corrected chi connectivity index (χ0v) is 9.92. The van der Waals surface area contributed by atoms with Crippen LogP contribution >= 0.6 is 11.8 Å². The van der Waals surface area contributed by atoms with Crippen molar-refractivity contribution in [3.05, 3.63) is 12.3 Å². The van der Waals surface area contributed by atoms with Crippen LogP contribution in [-0.2, 0) is 7.05 Å². The molecule has 0 spiro atoms. The molecule has 0 aliphatic carbocycles. The Morgan fingerprint density at radius 2 is 2.53 bits per heavy atom. The molecule has 0 bridgehead atoms. The Hall–Kier alpha value is -0.970. The third-order valence-corrected chi connectivity index (χ3v) is 3.45. The van der Waals surface area contributed by atoms with E-state index >= 15 is 0 Å². The highest BCUT2D eigenvalue weighted by atomic mass is 32.2. The second kappa shape index (κ2) is 4.70. The molecule has 15 heavy (non-hydrogen) atoms. The standard InChI is InChI=1S/C10H16N4S/c1-3-4-8-7-11-10(15-8)12-9-5-6-14(2)13-9/h5-6,8H,3-4,7H2,1-2H3,(H,11,12,13). The van der Waals surface area contributed by atoms with Crippen molar-refractivity contribution in [3.63, 3.8) is 0 Å². The van der Waals surface area contributed by atoms with Gasteiger partial charge in [-0.15, -0.1) is 0 Å². The Morgan fingerprint density at radius 3 is 3.20 bits per heavy atom. The smallest absolute Gasteiger partial charge is 0.162 e. The topological polar surface area (TPSA) is 42.2 Å². The molecule has 0 fully saturated rings. The van der Waals surface area contributed by atoms with E-state index in [2.05, 4.69) is 22.3 Å². The maximum absolute atomic E-state index is 4.46. The summed E-state index contributed by atoms with van der Waals surface area (Å²) >= 11 is 1.83. The molecule has 0 amide bonds. The van der Waals surface area contributed by atoms with Crippen molar-refractivity contribution >= 4 is 22.7 Å². The van der Waals surface area contributed by atoms with Crippen molar-refractivity contribution in [3.8, 4) is 0 Å². The van der Waals surface area contributed by atoms with Gasteiger partial charge in [-0.2, -0.15) is 5.10 Å². The third kappa shape index (κ3) is 2.75. The van der Waals surface area contributed by atoms with Crippen molar-refractivity contribution in [1.82, 2.24) is 9.78 Å². The molecule has 0 aromatic carbocycles. The summed E-state index contributed by atoms with van der Waals surface area (Å²) in [6.07, 6.45) is 4.39. The minimum atomic E-state index is 0.654. The van der Waals surface area contributed by atoms with Crippen molar-refractivity contribution in [2.24, 2.45) is 12.0 Å². The lowest BCUT2D eigenvalue weighted by atomic mass is 10.2. The molecule has 4 nitrogen and oxygen atoms in total. The molecule has 1 unspecified atom stereocenters. The normalized spacial score (nSPS) is 20.4. The predicted octanol–water partition coefficient (Wildman–Crippen LogP) is 2.10. The molecule has 82 valence electrons. The number of aromatic nitrogens is 2. The predicted molar refractivity (Wildman–Crippen MR) is 65.4 cm³/mol. The van der Waals surface area contributed by atoms with Crippen LogP contribution in [0.3, 0.4) is 0 Å². The Bertz CT molecular complexity index is 358. The van der Waals surface area contributed by atoms with Crippen molar-refractivity contribution in [2.75, 3.05) is 11.9 Å². The maximum Gasteiger partial charge on any atom is 0.162 e. The van der Waals surface area contributed by atoms with Crippen LogP contribution in [0.4, 0.5) is 5.82 Å². The first kappa shape index (κ1) is 10.5. The van der Waals surface area contributed by atoms with E-state index in [1.165, 1.54) is 12.8 Å². The zero-order valence-electron chi connectivity index (χ0n) is 9.10. The van der Waals surface area contributed by atoms with Crippen LogP contribution in [0.25, 0.3) is 0 Å². The molecule has 0 saturated carbocycles. The van der Waals surface area contributed by atoms with Gasteiger partial charge in [0.1, 0.15) is 0 Å². The van der Waals surface area contributed by atoms with E-state index in [1.54, 1.807) is 4.68 Å². The van der Waals surface area contributed by atoms with Gasteiger partial charge in [-0.05, 0) is 6.42 Å². The van der Waals surface area contributed by atoms with E-state index in [9.17, 15) is 0 Å². The second-order valence-electron chi connectivity index (χ2n) is 3.67. The number of thioether (sulfide) groups is 1. The molecule has 2 heterocycles. The molecule has 1 atom stereocenters. The number of anilines is 1. The number of nitrogens with one attached hydrogen (secondary N) is 1. The van der Waals surface area contributed by atoms with Crippen molar-refractivity contribution < 1.29 is 0 Å². The van der Waals surface area contributed by atoms with Crippen LogP contribution in [0.1, 0.15) is 19.8 Å².